The van der Waals surface area contributed by atoms with Gasteiger partial charge in [-0.1, -0.05) is 91.0 Å². The zero-order chi connectivity index (χ0) is 28.0. The van der Waals surface area contributed by atoms with Gasteiger partial charge in [-0.25, -0.2) is 4.98 Å². The summed E-state index contributed by atoms with van der Waals surface area (Å²) in [5.74, 6) is 0.344. The number of rotatable bonds is 11. The van der Waals surface area contributed by atoms with Crippen molar-refractivity contribution in [1.29, 1.82) is 0 Å². The van der Waals surface area contributed by atoms with Gasteiger partial charge in [-0.05, 0) is 16.7 Å². The van der Waals surface area contributed by atoms with E-state index in [9.17, 15) is 0 Å². The van der Waals surface area contributed by atoms with E-state index >= 15 is 0 Å². The number of imidazole rings is 1. The van der Waals surface area contributed by atoms with Crippen molar-refractivity contribution in [3.8, 4) is 0 Å². The fraction of sp³-hybridized carbons (Fsp3) is 0.258. The van der Waals surface area contributed by atoms with Crippen LogP contribution in [0.15, 0.2) is 97.3 Å². The lowest BCUT2D eigenvalue weighted by molar-refractivity contribution is -0.0913. The van der Waals surface area contributed by atoms with Crippen molar-refractivity contribution in [3.05, 3.63) is 114 Å². The number of fused-ring (bicyclic) bond motifs is 1. The van der Waals surface area contributed by atoms with Crippen molar-refractivity contribution in [3.63, 3.8) is 0 Å². The minimum atomic E-state index is -0.343. The molecular weight excluding hydrogens is 536 g/mol. The normalized spacial score (nSPS) is 20.5. The quantitative estimate of drug-likeness (QED) is 0.227. The Bertz CT molecular complexity index is 1550. The van der Waals surface area contributed by atoms with E-state index in [1.165, 1.54) is 0 Å². The molecule has 0 spiro atoms. The smallest absolute Gasteiger partial charge is 0.224 e. The molecular formula is C31H32N6O3S. The number of nitrogen functional groups attached to an aromatic ring is 2. The number of hydrogen-bond acceptors (Lipinski definition) is 9. The van der Waals surface area contributed by atoms with Gasteiger partial charge in [0.2, 0.25) is 5.95 Å². The molecule has 0 bridgehead atoms. The summed E-state index contributed by atoms with van der Waals surface area (Å²) in [4.78, 5) is 13.1. The SMILES string of the molecule is Nc1nc(N)c2ncn([C@H]3S[C@@H](COCc4ccccc4)[C@H](OCc4ccccc4)[C@H]3OCc3ccccc3)c2n1. The van der Waals surface area contributed by atoms with Gasteiger partial charge >= 0.3 is 0 Å². The molecule has 0 unspecified atom stereocenters. The van der Waals surface area contributed by atoms with Crippen molar-refractivity contribution < 1.29 is 14.2 Å². The molecule has 1 saturated heterocycles. The second-order valence-corrected chi connectivity index (χ2v) is 11.2. The van der Waals surface area contributed by atoms with Crippen LogP contribution in [0, 0.1) is 0 Å². The highest BCUT2D eigenvalue weighted by Crippen LogP contribution is 2.47. The van der Waals surface area contributed by atoms with E-state index in [0.717, 1.165) is 16.7 Å². The number of nitrogens with two attached hydrogens (primary N) is 2. The number of aromatic nitrogens is 4. The lowest BCUT2D eigenvalue weighted by Gasteiger charge is -2.27. The highest BCUT2D eigenvalue weighted by molar-refractivity contribution is 8.00. The lowest BCUT2D eigenvalue weighted by Crippen LogP contribution is -2.38. The Balaban J connectivity index is 1.31. The van der Waals surface area contributed by atoms with Crippen molar-refractivity contribution in [2.24, 2.45) is 0 Å². The molecule has 4 N–H and O–H groups in total. The number of benzene rings is 3. The van der Waals surface area contributed by atoms with Gasteiger partial charge in [-0.15, -0.1) is 11.8 Å². The predicted molar refractivity (Wildman–Crippen MR) is 161 cm³/mol. The number of hydrogen-bond donors (Lipinski definition) is 2. The van der Waals surface area contributed by atoms with Crippen LogP contribution < -0.4 is 11.5 Å². The van der Waals surface area contributed by atoms with Crippen LogP contribution in [0.25, 0.3) is 11.2 Å². The zero-order valence-corrected chi connectivity index (χ0v) is 23.3. The fourth-order valence-electron chi connectivity index (χ4n) is 4.99. The second kappa shape index (κ2) is 12.7. The van der Waals surface area contributed by atoms with Gasteiger partial charge in [0.1, 0.15) is 23.1 Å². The molecule has 0 radical (unpaired) electrons. The third kappa shape index (κ3) is 6.36. The van der Waals surface area contributed by atoms with Gasteiger partial charge in [-0.2, -0.15) is 9.97 Å². The highest BCUT2D eigenvalue weighted by Gasteiger charge is 2.47. The van der Waals surface area contributed by atoms with Crippen LogP contribution in [0.2, 0.25) is 0 Å². The van der Waals surface area contributed by atoms with Crippen LogP contribution in [-0.4, -0.2) is 43.6 Å². The maximum absolute atomic E-state index is 6.67. The predicted octanol–water partition coefficient (Wildman–Crippen LogP) is 4.99. The average molecular weight is 569 g/mol. The summed E-state index contributed by atoms with van der Waals surface area (Å²) in [5.41, 5.74) is 16.5. The molecule has 4 atom stereocenters. The van der Waals surface area contributed by atoms with Gasteiger partial charge in [0, 0.05) is 0 Å². The molecule has 1 aliphatic rings. The number of ether oxygens (including phenoxy) is 3. The summed E-state index contributed by atoms with van der Waals surface area (Å²) in [5, 5.41) is -0.245. The van der Waals surface area contributed by atoms with Gasteiger partial charge in [0.15, 0.2) is 11.5 Å². The molecule has 0 aliphatic carbocycles. The summed E-state index contributed by atoms with van der Waals surface area (Å²) in [6.07, 6.45) is 1.11. The molecule has 3 aromatic carbocycles. The van der Waals surface area contributed by atoms with E-state index in [4.69, 9.17) is 25.7 Å². The van der Waals surface area contributed by atoms with Crippen molar-refractivity contribution >= 4 is 34.7 Å². The monoisotopic (exact) mass is 568 g/mol. The molecule has 1 fully saturated rings. The van der Waals surface area contributed by atoms with Crippen LogP contribution in [-0.2, 0) is 34.0 Å². The third-order valence-electron chi connectivity index (χ3n) is 6.99. The minimum Gasteiger partial charge on any atom is -0.382 e. The summed E-state index contributed by atoms with van der Waals surface area (Å²) in [6, 6.07) is 30.4. The minimum absolute atomic E-state index is 0.0258. The molecule has 0 saturated carbocycles. The van der Waals surface area contributed by atoms with Gasteiger partial charge < -0.3 is 25.7 Å². The Hall–Kier alpha value is -3.96. The van der Waals surface area contributed by atoms with E-state index in [-0.39, 0.29) is 34.6 Å². The molecule has 1 aliphatic heterocycles. The van der Waals surface area contributed by atoms with Gasteiger partial charge in [0.25, 0.3) is 0 Å². The second-order valence-electron chi connectivity index (χ2n) is 9.88. The molecule has 3 heterocycles. The van der Waals surface area contributed by atoms with Crippen molar-refractivity contribution in [1.82, 2.24) is 19.5 Å². The average Bonchev–Trinajstić information content (AvgIpc) is 3.57. The molecule has 0 amide bonds. The van der Waals surface area contributed by atoms with Crippen LogP contribution in [0.1, 0.15) is 22.1 Å². The Morgan fingerprint density at radius 3 is 1.88 bits per heavy atom. The van der Waals surface area contributed by atoms with E-state index in [2.05, 4.69) is 51.4 Å². The summed E-state index contributed by atoms with van der Waals surface area (Å²) >= 11 is 1.72. The van der Waals surface area contributed by atoms with Crippen LogP contribution >= 0.6 is 11.8 Å². The molecule has 9 nitrogen and oxygen atoms in total. The Morgan fingerprint density at radius 2 is 1.27 bits per heavy atom. The first-order chi connectivity index (χ1) is 20.2. The van der Waals surface area contributed by atoms with Crippen LogP contribution in [0.3, 0.4) is 0 Å². The van der Waals surface area contributed by atoms with E-state index < -0.39 is 0 Å². The summed E-state index contributed by atoms with van der Waals surface area (Å²) in [6.45, 7) is 1.87. The Kier molecular flexibility index (Phi) is 8.43. The summed E-state index contributed by atoms with van der Waals surface area (Å²) in [7, 11) is 0. The largest absolute Gasteiger partial charge is 0.382 e. The van der Waals surface area contributed by atoms with E-state index in [1.54, 1.807) is 18.1 Å². The summed E-state index contributed by atoms with van der Waals surface area (Å²) < 4.78 is 21.5. The maximum atomic E-state index is 6.67. The van der Waals surface area contributed by atoms with Crippen LogP contribution in [0.5, 0.6) is 0 Å². The lowest BCUT2D eigenvalue weighted by atomic mass is 10.1. The Labute approximate surface area is 242 Å². The zero-order valence-electron chi connectivity index (χ0n) is 22.5. The number of anilines is 2. The van der Waals surface area contributed by atoms with Gasteiger partial charge in [-0.3, -0.25) is 4.57 Å². The first-order valence-corrected chi connectivity index (χ1v) is 14.4. The highest BCUT2D eigenvalue weighted by atomic mass is 32.2. The first kappa shape index (κ1) is 27.2. The fourth-order valence-corrected chi connectivity index (χ4v) is 6.58. The van der Waals surface area contributed by atoms with Gasteiger partial charge in [0.05, 0.1) is 38.0 Å². The number of thioether (sulfide) groups is 1. The van der Waals surface area contributed by atoms with Crippen molar-refractivity contribution in [2.75, 3.05) is 18.1 Å². The van der Waals surface area contributed by atoms with Crippen LogP contribution in [0.4, 0.5) is 11.8 Å². The van der Waals surface area contributed by atoms with Crippen molar-refractivity contribution in [2.45, 2.75) is 42.7 Å². The topological polar surface area (TPSA) is 123 Å². The third-order valence-corrected chi connectivity index (χ3v) is 8.52. The molecule has 10 heteroatoms. The Morgan fingerprint density at radius 1 is 0.707 bits per heavy atom. The molecule has 6 rings (SSSR count). The molecule has 210 valence electrons. The first-order valence-electron chi connectivity index (χ1n) is 13.5. The van der Waals surface area contributed by atoms with E-state index in [1.807, 2.05) is 59.2 Å². The molecule has 5 aromatic rings. The standard InChI is InChI=1S/C31H32N6O3S/c32-28-25-29(36-31(33)35-28)37(20-34-25)30-27(40-18-23-14-8-3-9-15-23)26(39-17-22-12-6-2-7-13-22)24(41-30)19-38-16-21-10-4-1-5-11-21/h1-15,20,24,26-27,30H,16-19H2,(H4,32,33,35,36)/t24-,26-,27+,30-/m0/s1. The molecule has 2 aromatic heterocycles. The number of nitrogens with zero attached hydrogens (tertiary/aromatic N) is 4. The van der Waals surface area contributed by atoms with E-state index in [0.29, 0.717) is 37.6 Å². The molecule has 41 heavy (non-hydrogen) atoms. The maximum Gasteiger partial charge on any atom is 0.224 e.